The molecule has 0 radical (unpaired) electrons. The van der Waals surface area contributed by atoms with E-state index in [0.717, 1.165) is 57.3 Å². The van der Waals surface area contributed by atoms with E-state index in [1.807, 2.05) is 19.1 Å². The molecule has 0 spiro atoms. The van der Waals surface area contributed by atoms with Crippen LogP contribution in [0.4, 0.5) is 13.2 Å². The molecule has 0 atom stereocenters. The molecule has 192 valence electrons. The van der Waals surface area contributed by atoms with E-state index >= 15 is 8.78 Å². The lowest BCUT2D eigenvalue weighted by molar-refractivity contribution is 0.198. The molecule has 35 heavy (non-hydrogen) atoms. The first kappa shape index (κ1) is 25.9. The summed E-state index contributed by atoms with van der Waals surface area (Å²) >= 11 is 0. The van der Waals surface area contributed by atoms with E-state index < -0.39 is 17.5 Å². The topological polar surface area (TPSA) is 18.5 Å². The van der Waals surface area contributed by atoms with Gasteiger partial charge in [0, 0.05) is 6.07 Å². The van der Waals surface area contributed by atoms with E-state index in [1.54, 1.807) is 12.1 Å². The Balaban J connectivity index is 1.30. The van der Waals surface area contributed by atoms with Gasteiger partial charge in [0.2, 0.25) is 0 Å². The fourth-order valence-corrected chi connectivity index (χ4v) is 6.08. The van der Waals surface area contributed by atoms with Gasteiger partial charge in [-0.2, -0.15) is 0 Å². The van der Waals surface area contributed by atoms with E-state index in [-0.39, 0.29) is 17.6 Å². The Hall–Kier alpha value is -2.17. The summed E-state index contributed by atoms with van der Waals surface area (Å²) in [6, 6.07) is 8.36. The molecule has 4 rings (SSSR count). The molecule has 2 fully saturated rings. The third-order valence-electron chi connectivity index (χ3n) is 8.10. The highest BCUT2D eigenvalue weighted by molar-refractivity contribution is 5.33. The number of rotatable bonds is 9. The Morgan fingerprint density at radius 3 is 1.80 bits per heavy atom. The van der Waals surface area contributed by atoms with Crippen LogP contribution in [0.15, 0.2) is 30.3 Å². The molecule has 0 amide bonds. The Labute approximate surface area is 208 Å². The van der Waals surface area contributed by atoms with Crippen molar-refractivity contribution in [2.24, 2.45) is 11.8 Å². The summed E-state index contributed by atoms with van der Waals surface area (Å²) in [5.74, 6) is 0.285. The second-order valence-electron chi connectivity index (χ2n) is 10.4. The van der Waals surface area contributed by atoms with Crippen molar-refractivity contribution in [2.75, 3.05) is 13.2 Å². The predicted molar refractivity (Wildman–Crippen MR) is 134 cm³/mol. The van der Waals surface area contributed by atoms with Gasteiger partial charge in [0.05, 0.1) is 13.2 Å². The van der Waals surface area contributed by atoms with Gasteiger partial charge < -0.3 is 9.47 Å². The van der Waals surface area contributed by atoms with Crippen LogP contribution in [0.1, 0.15) is 101 Å². The molecule has 0 aromatic heterocycles. The van der Waals surface area contributed by atoms with Crippen LogP contribution in [0.5, 0.6) is 11.5 Å². The van der Waals surface area contributed by atoms with Crippen LogP contribution in [0.2, 0.25) is 0 Å². The highest BCUT2D eigenvalue weighted by Gasteiger charge is 2.29. The second kappa shape index (κ2) is 12.2. The molecular formula is C30H39F3O2. The minimum atomic E-state index is -0.636. The fourth-order valence-electron chi connectivity index (χ4n) is 6.08. The molecule has 0 aliphatic heterocycles. The Bertz CT molecular complexity index is 960. The van der Waals surface area contributed by atoms with E-state index in [2.05, 4.69) is 6.92 Å². The highest BCUT2D eigenvalue weighted by Crippen LogP contribution is 2.42. The molecule has 0 N–H and O–H groups in total. The quantitative estimate of drug-likeness (QED) is 0.351. The van der Waals surface area contributed by atoms with Gasteiger partial charge in [0.1, 0.15) is 5.75 Å². The normalized spacial score (nSPS) is 24.8. The second-order valence-corrected chi connectivity index (χ2v) is 10.4. The van der Waals surface area contributed by atoms with Gasteiger partial charge in [-0.3, -0.25) is 0 Å². The van der Waals surface area contributed by atoms with E-state index in [9.17, 15) is 4.39 Å². The summed E-state index contributed by atoms with van der Waals surface area (Å²) in [6.07, 6.45) is 9.99. The summed E-state index contributed by atoms with van der Waals surface area (Å²) in [7, 11) is 0. The Morgan fingerprint density at radius 1 is 0.714 bits per heavy atom. The molecule has 2 aliphatic rings. The number of ether oxygens (including phenoxy) is 2. The van der Waals surface area contributed by atoms with E-state index in [0.29, 0.717) is 36.0 Å². The minimum Gasteiger partial charge on any atom is -0.493 e. The standard InChI is InChI=1S/C30H39F3O2/c1-3-5-20-6-10-22(11-7-20)25-15-16-26(30(33)29(25)32)23-12-8-21(9-13-23)19-35-24-14-17-28(34-4-2)27(31)18-24/h14-18,20-23H,3-13,19H2,1-2H3. The fraction of sp³-hybridized carbons (Fsp3) is 0.600. The molecule has 0 bridgehead atoms. The summed E-state index contributed by atoms with van der Waals surface area (Å²) in [6.45, 7) is 4.93. The van der Waals surface area contributed by atoms with Crippen LogP contribution in [0.3, 0.4) is 0 Å². The summed E-state index contributed by atoms with van der Waals surface area (Å²) in [5.41, 5.74) is 1.10. The number of hydrogen-bond acceptors (Lipinski definition) is 2. The van der Waals surface area contributed by atoms with Gasteiger partial charge in [0.15, 0.2) is 23.2 Å². The van der Waals surface area contributed by atoms with Crippen LogP contribution in [-0.2, 0) is 0 Å². The van der Waals surface area contributed by atoms with Crippen LogP contribution < -0.4 is 9.47 Å². The first-order valence-electron chi connectivity index (χ1n) is 13.5. The predicted octanol–water partition coefficient (Wildman–Crippen LogP) is 8.93. The van der Waals surface area contributed by atoms with Gasteiger partial charge in [0.25, 0.3) is 0 Å². The summed E-state index contributed by atoms with van der Waals surface area (Å²) in [5, 5.41) is 0. The van der Waals surface area contributed by atoms with Crippen LogP contribution in [-0.4, -0.2) is 13.2 Å². The maximum atomic E-state index is 15.1. The number of benzene rings is 2. The SMILES string of the molecule is CCCC1CCC(c2ccc(C3CCC(COc4ccc(OCC)c(F)c4)CC3)c(F)c2F)CC1. The third kappa shape index (κ3) is 6.34. The lowest BCUT2D eigenvalue weighted by atomic mass is 9.75. The molecule has 0 unspecified atom stereocenters. The highest BCUT2D eigenvalue weighted by atomic mass is 19.2. The van der Waals surface area contributed by atoms with Gasteiger partial charge in [-0.15, -0.1) is 0 Å². The van der Waals surface area contributed by atoms with Crippen molar-refractivity contribution in [1.82, 2.24) is 0 Å². The van der Waals surface area contributed by atoms with Crippen LogP contribution >= 0.6 is 0 Å². The van der Waals surface area contributed by atoms with E-state index in [1.165, 1.54) is 18.9 Å². The molecule has 2 aromatic rings. The molecule has 2 saturated carbocycles. The zero-order chi connectivity index (χ0) is 24.8. The lowest BCUT2D eigenvalue weighted by Gasteiger charge is -2.31. The first-order chi connectivity index (χ1) is 17.0. The maximum Gasteiger partial charge on any atom is 0.168 e. The smallest absolute Gasteiger partial charge is 0.168 e. The zero-order valence-electron chi connectivity index (χ0n) is 21.1. The van der Waals surface area contributed by atoms with Gasteiger partial charge in [-0.25, -0.2) is 13.2 Å². The lowest BCUT2D eigenvalue weighted by Crippen LogP contribution is -2.20. The molecule has 2 aliphatic carbocycles. The zero-order valence-corrected chi connectivity index (χ0v) is 21.1. The van der Waals surface area contributed by atoms with Crippen molar-refractivity contribution >= 4 is 0 Å². The van der Waals surface area contributed by atoms with Gasteiger partial charge in [-0.05, 0) is 105 Å². The summed E-state index contributed by atoms with van der Waals surface area (Å²) < 4.78 is 55.3. The average molecular weight is 489 g/mol. The molecule has 2 nitrogen and oxygen atoms in total. The minimum absolute atomic E-state index is 0.0398. The molecule has 2 aromatic carbocycles. The molecule has 5 heteroatoms. The molecule has 0 heterocycles. The van der Waals surface area contributed by atoms with Crippen LogP contribution in [0.25, 0.3) is 0 Å². The molecule has 0 saturated heterocycles. The van der Waals surface area contributed by atoms with Crippen molar-refractivity contribution in [3.05, 3.63) is 58.9 Å². The van der Waals surface area contributed by atoms with Crippen molar-refractivity contribution in [3.8, 4) is 11.5 Å². The number of halogens is 3. The summed E-state index contributed by atoms with van der Waals surface area (Å²) in [4.78, 5) is 0. The van der Waals surface area contributed by atoms with Gasteiger partial charge >= 0.3 is 0 Å². The Morgan fingerprint density at radius 2 is 1.29 bits per heavy atom. The largest absolute Gasteiger partial charge is 0.493 e. The maximum absolute atomic E-state index is 15.1. The molecular weight excluding hydrogens is 449 g/mol. The van der Waals surface area contributed by atoms with Crippen molar-refractivity contribution < 1.29 is 22.6 Å². The first-order valence-corrected chi connectivity index (χ1v) is 13.5. The average Bonchev–Trinajstić information content (AvgIpc) is 2.87. The third-order valence-corrected chi connectivity index (χ3v) is 8.10. The van der Waals surface area contributed by atoms with Crippen LogP contribution in [0, 0.1) is 29.3 Å². The van der Waals surface area contributed by atoms with Crippen molar-refractivity contribution in [2.45, 2.75) is 89.9 Å². The van der Waals surface area contributed by atoms with Crippen molar-refractivity contribution in [1.29, 1.82) is 0 Å². The Kier molecular flexibility index (Phi) is 9.02. The van der Waals surface area contributed by atoms with Crippen molar-refractivity contribution in [3.63, 3.8) is 0 Å². The van der Waals surface area contributed by atoms with E-state index in [4.69, 9.17) is 9.47 Å². The number of hydrogen-bond donors (Lipinski definition) is 0. The van der Waals surface area contributed by atoms with Gasteiger partial charge in [-0.1, -0.05) is 31.9 Å². The monoisotopic (exact) mass is 488 g/mol.